The highest BCUT2D eigenvalue weighted by Gasteiger charge is 2.16. The van der Waals surface area contributed by atoms with Gasteiger partial charge in [-0.25, -0.2) is 0 Å². The van der Waals surface area contributed by atoms with Crippen LogP contribution in [0.15, 0.2) is 0 Å². The molecule has 0 bridgehead atoms. The molecule has 1 aliphatic heterocycles. The van der Waals surface area contributed by atoms with Gasteiger partial charge >= 0.3 is 0 Å². The molecule has 1 rings (SSSR count). The number of aldehydes is 1. The minimum absolute atomic E-state index is 0.256. The van der Waals surface area contributed by atoms with Gasteiger partial charge in [0.25, 0.3) is 0 Å². The van der Waals surface area contributed by atoms with Crippen LogP contribution in [0.5, 0.6) is 0 Å². The summed E-state index contributed by atoms with van der Waals surface area (Å²) in [7, 11) is -1.22. The molecule has 0 aromatic heterocycles. The lowest BCUT2D eigenvalue weighted by Gasteiger charge is -2.21. The van der Waals surface area contributed by atoms with Crippen molar-refractivity contribution in [3.8, 4) is 11.5 Å². The summed E-state index contributed by atoms with van der Waals surface area (Å²) in [4.78, 5) is 11.2. The molecule has 1 atom stereocenters. The molecular weight excluding hydrogens is 300 g/mol. The van der Waals surface area contributed by atoms with E-state index in [2.05, 4.69) is 54.6 Å². The van der Waals surface area contributed by atoms with Crippen molar-refractivity contribution >= 4 is 37.9 Å². The van der Waals surface area contributed by atoms with E-state index in [0.717, 1.165) is 30.3 Å². The van der Waals surface area contributed by atoms with Gasteiger partial charge in [-0.2, -0.15) is 0 Å². The number of carbonyl (C=O) groups is 1. The summed E-state index contributed by atoms with van der Waals surface area (Å²) in [6.45, 7) is 6.81. The third kappa shape index (κ3) is 9.15. The van der Waals surface area contributed by atoms with Crippen molar-refractivity contribution in [3.05, 3.63) is 0 Å². The third-order valence-corrected chi connectivity index (χ3v) is 7.21. The van der Waals surface area contributed by atoms with E-state index < -0.39 is 8.07 Å². The highest BCUT2D eigenvalue weighted by atomic mass is 32.2. The van der Waals surface area contributed by atoms with Gasteiger partial charge in [-0.15, -0.1) is 35.0 Å². The van der Waals surface area contributed by atoms with Gasteiger partial charge in [-0.1, -0.05) is 19.6 Å². The van der Waals surface area contributed by atoms with Crippen molar-refractivity contribution in [3.63, 3.8) is 0 Å². The molecule has 0 amide bonds. The van der Waals surface area contributed by atoms with Crippen LogP contribution in [0.2, 0.25) is 19.6 Å². The van der Waals surface area contributed by atoms with E-state index in [9.17, 15) is 4.79 Å². The lowest BCUT2D eigenvalue weighted by molar-refractivity contribution is -0.111. The summed E-state index contributed by atoms with van der Waals surface area (Å²) in [6, 6.07) is 0. The van der Waals surface area contributed by atoms with Crippen LogP contribution in [0.4, 0.5) is 0 Å². The van der Waals surface area contributed by atoms with Gasteiger partial charge in [-0.3, -0.25) is 0 Å². The Morgan fingerprint density at radius 1 is 1.25 bits per heavy atom. The summed E-state index contributed by atoms with van der Waals surface area (Å²) in [5, 5.41) is 0. The monoisotopic (exact) mass is 328 g/mol. The Hall–Kier alpha value is 0.147. The zero-order valence-corrected chi connectivity index (χ0v) is 15.7. The van der Waals surface area contributed by atoms with Crippen molar-refractivity contribution < 1.29 is 4.79 Å². The second-order valence-corrected chi connectivity index (χ2v) is 14.1. The maximum atomic E-state index is 11.2. The highest BCUT2D eigenvalue weighted by Crippen LogP contribution is 2.34. The molecule has 0 spiro atoms. The maximum absolute atomic E-state index is 11.2. The molecule has 0 radical (unpaired) electrons. The summed E-state index contributed by atoms with van der Waals surface area (Å²) in [5.74, 6) is 6.16. The average Bonchev–Trinajstić information content (AvgIpc) is 2.42. The lowest BCUT2D eigenvalue weighted by atomic mass is 9.99. The smallest absolute Gasteiger partial charge is 0.129 e. The van der Waals surface area contributed by atoms with E-state index in [-0.39, 0.29) is 5.92 Å². The zero-order chi connectivity index (χ0) is 14.8. The number of hydrogen-bond donors (Lipinski definition) is 0. The first-order valence-electron chi connectivity index (χ1n) is 7.70. The molecule has 1 saturated heterocycles. The first-order valence-corrected chi connectivity index (χ1v) is 13.3. The number of hydrogen-bond acceptors (Lipinski definition) is 3. The van der Waals surface area contributed by atoms with Crippen molar-refractivity contribution in [1.82, 2.24) is 0 Å². The molecule has 1 nitrogen and oxygen atoms in total. The normalized spacial score (nSPS) is 18.1. The van der Waals surface area contributed by atoms with Gasteiger partial charge in [-0.05, 0) is 43.6 Å². The Bertz CT molecular complexity index is 335. The van der Waals surface area contributed by atoms with Gasteiger partial charge in [0.1, 0.15) is 14.4 Å². The minimum Gasteiger partial charge on any atom is -0.303 e. The van der Waals surface area contributed by atoms with Crippen LogP contribution in [-0.4, -0.2) is 30.4 Å². The molecule has 1 fully saturated rings. The Labute approximate surface area is 134 Å². The van der Waals surface area contributed by atoms with Gasteiger partial charge in [0.2, 0.25) is 0 Å². The average molecular weight is 329 g/mol. The number of thioether (sulfide) groups is 2. The number of carbonyl (C=O) groups excluding carboxylic acids is 1. The molecular formula is C16H28OS2Si. The molecule has 20 heavy (non-hydrogen) atoms. The van der Waals surface area contributed by atoms with Crippen LogP contribution in [0.3, 0.4) is 0 Å². The van der Waals surface area contributed by atoms with E-state index in [0.29, 0.717) is 0 Å². The summed E-state index contributed by atoms with van der Waals surface area (Å²) in [5.41, 5.74) is 3.39. The predicted molar refractivity (Wildman–Crippen MR) is 97.1 cm³/mol. The molecule has 0 saturated carbocycles. The van der Waals surface area contributed by atoms with E-state index >= 15 is 0 Å². The van der Waals surface area contributed by atoms with Crippen LogP contribution in [0.25, 0.3) is 0 Å². The Morgan fingerprint density at radius 2 is 1.95 bits per heavy atom. The van der Waals surface area contributed by atoms with E-state index in [1.54, 1.807) is 0 Å². The summed E-state index contributed by atoms with van der Waals surface area (Å²) >= 11 is 4.16. The molecule has 0 N–H and O–H groups in total. The van der Waals surface area contributed by atoms with Gasteiger partial charge in [0.05, 0.1) is 4.58 Å². The van der Waals surface area contributed by atoms with Crippen molar-refractivity contribution in [2.24, 2.45) is 5.92 Å². The molecule has 4 heteroatoms. The summed E-state index contributed by atoms with van der Waals surface area (Å²) < 4.78 is 0.734. The molecule has 0 aromatic carbocycles. The molecule has 0 aromatic rings. The fourth-order valence-electron chi connectivity index (χ4n) is 2.11. The fraction of sp³-hybridized carbons (Fsp3) is 0.812. The van der Waals surface area contributed by atoms with Crippen molar-refractivity contribution in [2.75, 3.05) is 11.5 Å². The quantitative estimate of drug-likeness (QED) is 0.288. The van der Waals surface area contributed by atoms with Gasteiger partial charge in [0, 0.05) is 12.3 Å². The third-order valence-electron chi connectivity index (χ3n) is 3.20. The first kappa shape index (κ1) is 18.2. The Morgan fingerprint density at radius 3 is 2.55 bits per heavy atom. The topological polar surface area (TPSA) is 17.1 Å². The van der Waals surface area contributed by atoms with E-state index in [1.165, 1.54) is 30.6 Å². The van der Waals surface area contributed by atoms with E-state index in [4.69, 9.17) is 0 Å². The number of rotatable bonds is 7. The predicted octanol–water partition coefficient (Wildman–Crippen LogP) is 4.83. The number of unbranched alkanes of at least 4 members (excludes halogenated alkanes) is 1. The van der Waals surface area contributed by atoms with Crippen LogP contribution in [-0.2, 0) is 4.79 Å². The summed E-state index contributed by atoms with van der Waals surface area (Å²) in [6.07, 6.45) is 7.83. The minimum atomic E-state index is -1.22. The van der Waals surface area contributed by atoms with Crippen LogP contribution < -0.4 is 0 Å². The van der Waals surface area contributed by atoms with Gasteiger partial charge < -0.3 is 4.79 Å². The van der Waals surface area contributed by atoms with E-state index in [1.807, 2.05) is 0 Å². The maximum Gasteiger partial charge on any atom is 0.129 e. The fourth-order valence-corrected chi connectivity index (χ4v) is 5.67. The zero-order valence-electron chi connectivity index (χ0n) is 13.1. The molecule has 1 unspecified atom stereocenters. The molecule has 0 aliphatic carbocycles. The Kier molecular flexibility index (Phi) is 9.07. The second-order valence-electron chi connectivity index (χ2n) is 6.44. The van der Waals surface area contributed by atoms with Crippen LogP contribution >= 0.6 is 23.5 Å². The molecule has 114 valence electrons. The lowest BCUT2D eigenvalue weighted by Crippen LogP contribution is -2.16. The van der Waals surface area contributed by atoms with Crippen LogP contribution in [0, 0.1) is 17.4 Å². The standard InChI is InChI=1S/C16H28OS2Si/c1-20(2,3)13-6-4-5-8-15(14-17)9-10-16-18-11-7-12-19-16/h14-16H,4-5,7-12H2,1-3H3. The van der Waals surface area contributed by atoms with Crippen molar-refractivity contribution in [1.29, 1.82) is 0 Å². The molecule has 1 aliphatic rings. The van der Waals surface area contributed by atoms with Crippen LogP contribution in [0.1, 0.15) is 38.5 Å². The molecule has 1 heterocycles. The highest BCUT2D eigenvalue weighted by molar-refractivity contribution is 8.17. The first-order chi connectivity index (χ1) is 9.51. The second kappa shape index (κ2) is 9.97. The Balaban J connectivity index is 2.15. The van der Waals surface area contributed by atoms with Gasteiger partial charge in [0.15, 0.2) is 0 Å². The van der Waals surface area contributed by atoms with Crippen molar-refractivity contribution in [2.45, 2.75) is 62.7 Å². The SMILES string of the molecule is C[Si](C)(C)C#CCCCC(C=O)CCC1SCCCS1. The largest absolute Gasteiger partial charge is 0.303 e.